The van der Waals surface area contributed by atoms with Crippen LogP contribution in [0.3, 0.4) is 0 Å². The number of nitrogens with zero attached hydrogens (tertiary/aromatic N) is 3. The number of hydrogen-bond acceptors (Lipinski definition) is 6. The Hall–Kier alpha value is -1.64. The summed E-state index contributed by atoms with van der Waals surface area (Å²) in [4.78, 5) is 33.9. The van der Waals surface area contributed by atoms with Crippen molar-refractivity contribution in [2.24, 2.45) is 7.05 Å². The number of aromatic nitrogens is 2. The predicted octanol–water partition coefficient (Wildman–Crippen LogP) is 4.46. The molecule has 0 aliphatic rings. The highest BCUT2D eigenvalue weighted by atomic mass is 32.2. The second-order valence-corrected chi connectivity index (χ2v) is 9.59. The van der Waals surface area contributed by atoms with E-state index in [9.17, 15) is 9.59 Å². The second-order valence-electron chi connectivity index (χ2n) is 6.84. The Kier molecular flexibility index (Phi) is 6.08. The number of carbonyl (C=O) groups excluding carboxylic acids is 1. The maximum Gasteiger partial charge on any atom is 0.263 e. The second kappa shape index (κ2) is 8.16. The Morgan fingerprint density at radius 1 is 1.26 bits per heavy atom. The topological polar surface area (TPSA) is 55.2 Å². The van der Waals surface area contributed by atoms with Crippen LogP contribution in [-0.2, 0) is 11.8 Å². The number of thioether (sulfide) groups is 1. The maximum absolute atomic E-state index is 12.9. The molecular weight excluding hydrogens is 398 g/mol. The summed E-state index contributed by atoms with van der Waals surface area (Å²) in [7, 11) is 1.72. The first-order valence-electron chi connectivity index (χ1n) is 8.77. The fourth-order valence-electron chi connectivity index (χ4n) is 3.17. The molecule has 0 atom stereocenters. The predicted molar refractivity (Wildman–Crippen MR) is 116 cm³/mol. The molecule has 8 heteroatoms. The molecule has 3 heterocycles. The van der Waals surface area contributed by atoms with E-state index < -0.39 is 0 Å². The molecule has 3 aromatic heterocycles. The first kappa shape index (κ1) is 20.1. The summed E-state index contributed by atoms with van der Waals surface area (Å²) in [6.07, 6.45) is 0. The lowest BCUT2D eigenvalue weighted by Gasteiger charge is -2.30. The number of rotatable bonds is 6. The lowest BCUT2D eigenvalue weighted by molar-refractivity contribution is -0.131. The lowest BCUT2D eigenvalue weighted by atomic mass is 10.2. The van der Waals surface area contributed by atoms with Gasteiger partial charge in [-0.1, -0.05) is 17.8 Å². The Labute approximate surface area is 171 Å². The highest BCUT2D eigenvalue weighted by Crippen LogP contribution is 2.34. The van der Waals surface area contributed by atoms with E-state index in [1.54, 1.807) is 23.0 Å². The highest BCUT2D eigenvalue weighted by molar-refractivity contribution is 7.99. The van der Waals surface area contributed by atoms with Gasteiger partial charge < -0.3 is 4.90 Å². The van der Waals surface area contributed by atoms with Crippen molar-refractivity contribution in [2.75, 3.05) is 5.75 Å². The zero-order chi connectivity index (χ0) is 19.7. The molecule has 3 rings (SSSR count). The number of thiophene rings is 2. The maximum atomic E-state index is 12.9. The number of fused-ring (bicyclic) bond motifs is 1. The van der Waals surface area contributed by atoms with Crippen LogP contribution in [0.4, 0.5) is 0 Å². The molecule has 0 radical (unpaired) electrons. The van der Waals surface area contributed by atoms with Crippen LogP contribution in [0.1, 0.15) is 27.7 Å². The highest BCUT2D eigenvalue weighted by Gasteiger charge is 2.22. The summed E-state index contributed by atoms with van der Waals surface area (Å²) in [5.41, 5.74) is 0.876. The van der Waals surface area contributed by atoms with Gasteiger partial charge in [-0.25, -0.2) is 4.98 Å². The molecule has 0 saturated carbocycles. The van der Waals surface area contributed by atoms with Crippen molar-refractivity contribution in [3.63, 3.8) is 0 Å². The van der Waals surface area contributed by atoms with Crippen LogP contribution in [0.15, 0.2) is 32.8 Å². The molecule has 0 N–H and O–H groups in total. The summed E-state index contributed by atoms with van der Waals surface area (Å²) < 4.78 is 1.55. The van der Waals surface area contributed by atoms with E-state index in [-0.39, 0.29) is 29.3 Å². The van der Waals surface area contributed by atoms with Crippen LogP contribution in [-0.4, -0.2) is 38.2 Å². The van der Waals surface area contributed by atoms with E-state index in [0.29, 0.717) is 10.5 Å². The molecule has 0 fully saturated rings. The van der Waals surface area contributed by atoms with Gasteiger partial charge in [0.2, 0.25) is 5.91 Å². The van der Waals surface area contributed by atoms with Crippen molar-refractivity contribution < 1.29 is 4.79 Å². The first-order valence-corrected chi connectivity index (χ1v) is 11.5. The molecule has 0 aliphatic carbocycles. The standard InChI is InChI=1S/C19H23N3O2S3/c1-11(2)22(12(3)4)15(23)10-27-19-20-17-16(18(24)21(19)5)13(9-26-17)14-7-6-8-25-14/h6-9,11-12H,10H2,1-5H3. The SMILES string of the molecule is CC(C)N(C(=O)CSc1nc2scc(-c3cccs3)c2c(=O)n1C)C(C)C. The van der Waals surface area contributed by atoms with Crippen LogP contribution in [0.25, 0.3) is 20.7 Å². The zero-order valence-corrected chi connectivity index (χ0v) is 18.5. The Morgan fingerprint density at radius 3 is 2.56 bits per heavy atom. The average molecular weight is 422 g/mol. The molecule has 144 valence electrons. The number of hydrogen-bond donors (Lipinski definition) is 0. The van der Waals surface area contributed by atoms with E-state index in [1.807, 2.05) is 55.5 Å². The van der Waals surface area contributed by atoms with Crippen LogP contribution < -0.4 is 5.56 Å². The van der Waals surface area contributed by atoms with E-state index >= 15 is 0 Å². The van der Waals surface area contributed by atoms with E-state index in [0.717, 1.165) is 15.3 Å². The van der Waals surface area contributed by atoms with Crippen molar-refractivity contribution in [1.82, 2.24) is 14.5 Å². The van der Waals surface area contributed by atoms with Crippen molar-refractivity contribution >= 4 is 50.6 Å². The Balaban J connectivity index is 1.90. The zero-order valence-electron chi connectivity index (χ0n) is 16.1. The molecule has 0 spiro atoms. The normalized spacial score (nSPS) is 11.7. The largest absolute Gasteiger partial charge is 0.337 e. The molecule has 0 aromatic carbocycles. The van der Waals surface area contributed by atoms with Gasteiger partial charge in [0.25, 0.3) is 5.56 Å². The third-order valence-corrected chi connectivity index (χ3v) is 7.08. The van der Waals surface area contributed by atoms with Crippen LogP contribution in [0.5, 0.6) is 0 Å². The summed E-state index contributed by atoms with van der Waals surface area (Å²) in [5, 5.41) is 5.23. The molecule has 0 bridgehead atoms. The fourth-order valence-corrected chi connectivity index (χ4v) is 5.81. The van der Waals surface area contributed by atoms with Crippen molar-refractivity contribution in [3.8, 4) is 10.4 Å². The summed E-state index contributed by atoms with van der Waals surface area (Å²) in [6.45, 7) is 8.06. The van der Waals surface area contributed by atoms with Gasteiger partial charge in [0.15, 0.2) is 5.16 Å². The summed E-state index contributed by atoms with van der Waals surface area (Å²) >= 11 is 4.41. The molecule has 27 heavy (non-hydrogen) atoms. The number of amides is 1. The summed E-state index contributed by atoms with van der Waals surface area (Å²) in [5.74, 6) is 0.329. The molecular formula is C19H23N3O2S3. The number of carbonyl (C=O) groups is 1. The van der Waals surface area contributed by atoms with Gasteiger partial charge in [0, 0.05) is 35.0 Å². The minimum atomic E-state index is -0.0656. The van der Waals surface area contributed by atoms with Gasteiger partial charge in [0.05, 0.1) is 11.1 Å². The minimum absolute atomic E-state index is 0.0600. The third-order valence-electron chi connectivity index (χ3n) is 4.29. The first-order chi connectivity index (χ1) is 12.8. The van der Waals surface area contributed by atoms with Crippen molar-refractivity contribution in [2.45, 2.75) is 44.9 Å². The van der Waals surface area contributed by atoms with Gasteiger partial charge in [-0.2, -0.15) is 0 Å². The molecule has 1 amide bonds. The third kappa shape index (κ3) is 3.97. The molecule has 0 saturated heterocycles. The van der Waals surface area contributed by atoms with Gasteiger partial charge in [-0.05, 0) is 39.1 Å². The van der Waals surface area contributed by atoms with Crippen LogP contribution in [0.2, 0.25) is 0 Å². The fraction of sp³-hybridized carbons (Fsp3) is 0.421. The van der Waals surface area contributed by atoms with Crippen LogP contribution >= 0.6 is 34.4 Å². The Bertz CT molecular complexity index is 995. The molecule has 0 aliphatic heterocycles. The Morgan fingerprint density at radius 2 is 1.96 bits per heavy atom. The van der Waals surface area contributed by atoms with E-state index in [1.165, 1.54) is 23.1 Å². The van der Waals surface area contributed by atoms with Gasteiger partial charge in [-0.3, -0.25) is 14.2 Å². The van der Waals surface area contributed by atoms with E-state index in [4.69, 9.17) is 0 Å². The molecule has 3 aromatic rings. The van der Waals surface area contributed by atoms with Gasteiger partial charge in [-0.15, -0.1) is 22.7 Å². The van der Waals surface area contributed by atoms with Crippen molar-refractivity contribution in [3.05, 3.63) is 33.2 Å². The quantitative estimate of drug-likeness (QED) is 0.435. The minimum Gasteiger partial charge on any atom is -0.337 e. The summed E-state index contributed by atoms with van der Waals surface area (Å²) in [6, 6.07) is 4.28. The van der Waals surface area contributed by atoms with Gasteiger partial charge in [0.1, 0.15) is 4.83 Å². The smallest absolute Gasteiger partial charge is 0.263 e. The van der Waals surface area contributed by atoms with E-state index in [2.05, 4.69) is 4.98 Å². The molecule has 0 unspecified atom stereocenters. The monoisotopic (exact) mass is 421 g/mol. The van der Waals surface area contributed by atoms with Gasteiger partial charge >= 0.3 is 0 Å². The molecule has 5 nitrogen and oxygen atoms in total. The van der Waals surface area contributed by atoms with Crippen LogP contribution in [0, 0.1) is 0 Å². The lowest BCUT2D eigenvalue weighted by Crippen LogP contribution is -2.43. The van der Waals surface area contributed by atoms with Crippen molar-refractivity contribution in [1.29, 1.82) is 0 Å². The average Bonchev–Trinajstić information content (AvgIpc) is 3.25.